The van der Waals surface area contributed by atoms with Crippen molar-refractivity contribution in [1.82, 2.24) is 9.80 Å². The van der Waals surface area contributed by atoms with E-state index < -0.39 is 0 Å². The Labute approximate surface area is 155 Å². The Balaban J connectivity index is 1.62. The van der Waals surface area contributed by atoms with Gasteiger partial charge in [0.05, 0.1) is 20.8 Å². The van der Waals surface area contributed by atoms with Crippen molar-refractivity contribution in [2.75, 3.05) is 47.0 Å². The second-order valence-electron chi connectivity index (χ2n) is 7.47. The fourth-order valence-electron chi connectivity index (χ4n) is 4.34. The molecule has 0 atom stereocenters. The first kappa shape index (κ1) is 19.0. The minimum Gasteiger partial charge on any atom is -0.493 e. The van der Waals surface area contributed by atoms with Crippen LogP contribution in [0.3, 0.4) is 0 Å². The van der Waals surface area contributed by atoms with E-state index in [1.807, 2.05) is 17.0 Å². The molecule has 3 rings (SSSR count). The van der Waals surface area contributed by atoms with Gasteiger partial charge in [0.15, 0.2) is 11.5 Å². The van der Waals surface area contributed by atoms with Gasteiger partial charge >= 0.3 is 0 Å². The van der Waals surface area contributed by atoms with Crippen molar-refractivity contribution in [3.8, 4) is 11.5 Å². The van der Waals surface area contributed by atoms with E-state index in [0.29, 0.717) is 13.0 Å². The molecule has 0 unspecified atom stereocenters. The van der Waals surface area contributed by atoms with Gasteiger partial charge in [-0.05, 0) is 43.8 Å². The summed E-state index contributed by atoms with van der Waals surface area (Å²) in [6.07, 6.45) is 3.77. The van der Waals surface area contributed by atoms with E-state index in [2.05, 4.69) is 11.0 Å². The smallest absolute Gasteiger partial charge is 0.222 e. The van der Waals surface area contributed by atoms with Gasteiger partial charge in [0.2, 0.25) is 5.91 Å². The maximum Gasteiger partial charge on any atom is 0.222 e. The lowest BCUT2D eigenvalue weighted by molar-refractivity contribution is -0.139. The number of benzene rings is 1. The molecule has 0 aliphatic carbocycles. The Morgan fingerprint density at radius 2 is 1.92 bits per heavy atom. The third-order valence-corrected chi connectivity index (χ3v) is 5.91. The Bertz CT molecular complexity index is 626. The number of hydrogen-bond acceptors (Lipinski definition) is 5. The zero-order valence-electron chi connectivity index (χ0n) is 15.9. The molecule has 0 saturated carbocycles. The number of likely N-dealkylation sites (tertiary alicyclic amines) is 2. The standard InChI is InChI=1S/C20H30N2O4/c1-25-17-5-3-4-16(19(17)26-2)14-21-10-8-20(9-11-21)7-6-18(24)22(15-20)12-13-23/h3-5,23H,6-15H2,1-2H3. The number of ether oxygens (including phenoxy) is 2. The SMILES string of the molecule is COc1cccc(CN2CCC3(CCC(=O)N(CCO)C3)CC2)c1OC. The van der Waals surface area contributed by atoms with E-state index in [4.69, 9.17) is 9.47 Å². The van der Waals surface area contributed by atoms with Crippen LogP contribution in [-0.4, -0.2) is 67.8 Å². The molecule has 0 aromatic heterocycles. The average Bonchev–Trinajstić information content (AvgIpc) is 2.67. The molecule has 1 aromatic carbocycles. The number of nitrogens with zero attached hydrogens (tertiary/aromatic N) is 2. The highest BCUT2D eigenvalue weighted by atomic mass is 16.5. The molecular formula is C20H30N2O4. The van der Waals surface area contributed by atoms with Crippen LogP contribution < -0.4 is 9.47 Å². The van der Waals surface area contributed by atoms with Crippen molar-refractivity contribution in [3.05, 3.63) is 23.8 Å². The first-order valence-electron chi connectivity index (χ1n) is 9.42. The summed E-state index contributed by atoms with van der Waals surface area (Å²) in [7, 11) is 3.34. The molecule has 2 heterocycles. The van der Waals surface area contributed by atoms with Crippen molar-refractivity contribution in [2.24, 2.45) is 5.41 Å². The number of piperidine rings is 2. The predicted octanol–water partition coefficient (Wildman–Crippen LogP) is 1.90. The number of hydrogen-bond donors (Lipinski definition) is 1. The minimum atomic E-state index is 0.0452. The van der Waals surface area contributed by atoms with E-state index in [1.165, 1.54) is 0 Å². The molecule has 6 heteroatoms. The van der Waals surface area contributed by atoms with Gasteiger partial charge in [-0.15, -0.1) is 0 Å². The average molecular weight is 362 g/mol. The minimum absolute atomic E-state index is 0.0452. The van der Waals surface area contributed by atoms with Crippen LogP contribution in [-0.2, 0) is 11.3 Å². The second kappa shape index (κ2) is 8.27. The first-order valence-corrected chi connectivity index (χ1v) is 9.42. The lowest BCUT2D eigenvalue weighted by Crippen LogP contribution is -2.51. The Morgan fingerprint density at radius 3 is 2.58 bits per heavy atom. The summed E-state index contributed by atoms with van der Waals surface area (Å²) < 4.78 is 11.0. The van der Waals surface area contributed by atoms with Crippen molar-refractivity contribution < 1.29 is 19.4 Å². The van der Waals surface area contributed by atoms with Gasteiger partial charge in [-0.25, -0.2) is 0 Å². The summed E-state index contributed by atoms with van der Waals surface area (Å²) in [5, 5.41) is 9.20. The molecular weight excluding hydrogens is 332 g/mol. The van der Waals surface area contributed by atoms with Crippen LogP contribution in [0.5, 0.6) is 11.5 Å². The summed E-state index contributed by atoms with van der Waals surface area (Å²) in [4.78, 5) is 16.3. The van der Waals surface area contributed by atoms with Crippen LogP contribution in [0.15, 0.2) is 18.2 Å². The largest absolute Gasteiger partial charge is 0.493 e. The Hall–Kier alpha value is -1.79. The van der Waals surface area contributed by atoms with Gasteiger partial charge in [-0.1, -0.05) is 12.1 Å². The third kappa shape index (κ3) is 3.96. The topological polar surface area (TPSA) is 62.2 Å². The normalized spacial score (nSPS) is 20.4. The fraction of sp³-hybridized carbons (Fsp3) is 0.650. The van der Waals surface area contributed by atoms with Crippen LogP contribution >= 0.6 is 0 Å². The Kier molecular flexibility index (Phi) is 6.04. The van der Waals surface area contributed by atoms with Crippen molar-refractivity contribution in [3.63, 3.8) is 0 Å². The molecule has 0 bridgehead atoms. The molecule has 2 aliphatic heterocycles. The predicted molar refractivity (Wildman–Crippen MR) is 99.4 cm³/mol. The first-order chi connectivity index (χ1) is 12.6. The molecule has 26 heavy (non-hydrogen) atoms. The molecule has 1 N–H and O–H groups in total. The molecule has 1 aromatic rings. The number of para-hydroxylation sites is 1. The van der Waals surface area contributed by atoms with Gasteiger partial charge < -0.3 is 19.5 Å². The van der Waals surface area contributed by atoms with E-state index in [9.17, 15) is 9.90 Å². The number of carbonyl (C=O) groups is 1. The van der Waals surface area contributed by atoms with E-state index >= 15 is 0 Å². The number of β-amino-alcohol motifs (C(OH)–C–C–N with tert-alkyl or cyclic N) is 1. The summed E-state index contributed by atoms with van der Waals surface area (Å²) in [5.41, 5.74) is 1.36. The maximum absolute atomic E-state index is 12.0. The zero-order valence-corrected chi connectivity index (χ0v) is 15.9. The van der Waals surface area contributed by atoms with Crippen molar-refractivity contribution in [2.45, 2.75) is 32.2 Å². The van der Waals surface area contributed by atoms with E-state index in [-0.39, 0.29) is 17.9 Å². The van der Waals surface area contributed by atoms with Gasteiger partial charge in [0, 0.05) is 31.6 Å². The fourth-order valence-corrected chi connectivity index (χ4v) is 4.34. The molecule has 2 aliphatic rings. The molecule has 1 spiro atoms. The van der Waals surface area contributed by atoms with Crippen molar-refractivity contribution in [1.29, 1.82) is 0 Å². The highest BCUT2D eigenvalue weighted by molar-refractivity contribution is 5.77. The number of aliphatic hydroxyl groups excluding tert-OH is 1. The summed E-state index contributed by atoms with van der Waals surface area (Å²) >= 11 is 0. The quantitative estimate of drug-likeness (QED) is 0.837. The summed E-state index contributed by atoms with van der Waals surface area (Å²) in [5.74, 6) is 1.77. The maximum atomic E-state index is 12.0. The number of amides is 1. The van der Waals surface area contributed by atoms with Gasteiger partial charge in [-0.2, -0.15) is 0 Å². The van der Waals surface area contributed by atoms with Crippen molar-refractivity contribution >= 4 is 5.91 Å². The third-order valence-electron chi connectivity index (χ3n) is 5.91. The zero-order chi connectivity index (χ0) is 18.6. The number of carbonyl (C=O) groups excluding carboxylic acids is 1. The monoisotopic (exact) mass is 362 g/mol. The summed E-state index contributed by atoms with van der Waals surface area (Å²) in [6.45, 7) is 4.18. The van der Waals surface area contributed by atoms with Crippen LogP contribution in [0, 0.1) is 5.41 Å². The lowest BCUT2D eigenvalue weighted by atomic mass is 9.72. The highest BCUT2D eigenvalue weighted by Gasteiger charge is 2.40. The van der Waals surface area contributed by atoms with E-state index in [1.54, 1.807) is 14.2 Å². The van der Waals surface area contributed by atoms with Crippen LogP contribution in [0.2, 0.25) is 0 Å². The number of methoxy groups -OCH3 is 2. The molecule has 1 amide bonds. The van der Waals surface area contributed by atoms with E-state index in [0.717, 1.165) is 62.5 Å². The van der Waals surface area contributed by atoms with Crippen LogP contribution in [0.25, 0.3) is 0 Å². The molecule has 6 nitrogen and oxygen atoms in total. The van der Waals surface area contributed by atoms with Gasteiger partial charge in [-0.3, -0.25) is 9.69 Å². The molecule has 0 radical (unpaired) electrons. The molecule has 2 fully saturated rings. The number of rotatable bonds is 6. The lowest BCUT2D eigenvalue weighted by Gasteiger charge is -2.47. The van der Waals surface area contributed by atoms with Gasteiger partial charge in [0.1, 0.15) is 0 Å². The highest BCUT2D eigenvalue weighted by Crippen LogP contribution is 2.41. The second-order valence-corrected chi connectivity index (χ2v) is 7.47. The van der Waals surface area contributed by atoms with Crippen LogP contribution in [0.1, 0.15) is 31.2 Å². The van der Waals surface area contributed by atoms with Crippen LogP contribution in [0.4, 0.5) is 0 Å². The number of aliphatic hydroxyl groups is 1. The summed E-state index contributed by atoms with van der Waals surface area (Å²) in [6, 6.07) is 6.01. The van der Waals surface area contributed by atoms with Gasteiger partial charge in [0.25, 0.3) is 0 Å². The Morgan fingerprint density at radius 1 is 1.15 bits per heavy atom. The molecule has 2 saturated heterocycles. The molecule has 144 valence electrons.